The molecular formula is C21H20B3ClN2O2. The first-order chi connectivity index (χ1) is 13.8. The molecule has 2 aromatic heterocycles. The number of furan rings is 1. The molecule has 0 atom stereocenters. The lowest BCUT2D eigenvalue weighted by Gasteiger charge is -2.21. The van der Waals surface area contributed by atoms with E-state index in [1.165, 1.54) is 0 Å². The van der Waals surface area contributed by atoms with E-state index in [0.717, 1.165) is 34.0 Å². The number of nitrogens with one attached hydrogen (secondary N) is 1. The Hall–Kier alpha value is -2.79. The fourth-order valence-corrected chi connectivity index (χ4v) is 3.25. The van der Waals surface area contributed by atoms with Crippen molar-refractivity contribution in [1.29, 1.82) is 0 Å². The lowest BCUT2D eigenvalue weighted by atomic mass is 9.52. The number of nitrogens with zero attached hydrogens (tertiary/aromatic N) is 1. The zero-order chi connectivity index (χ0) is 20.6. The topological polar surface area (TPSA) is 51.0 Å². The summed E-state index contributed by atoms with van der Waals surface area (Å²) in [4.78, 5) is 8.04. The molecule has 0 unspecified atom stereocenters. The first kappa shape index (κ1) is 19.5. The van der Waals surface area contributed by atoms with Gasteiger partial charge in [-0.2, -0.15) is 0 Å². The number of rotatable bonds is 5. The minimum Gasteiger partial charge on any atom is -0.514 e. The summed E-state index contributed by atoms with van der Waals surface area (Å²) in [6.07, 6.45) is 0. The lowest BCUT2D eigenvalue weighted by molar-refractivity contribution is 0.318. The Kier molecular flexibility index (Phi) is 5.09. The number of ether oxygens (including phenoxy) is 1. The maximum Gasteiger partial charge on any atom is 0.174 e. The Morgan fingerprint density at radius 2 is 1.52 bits per heavy atom. The summed E-state index contributed by atoms with van der Waals surface area (Å²) in [7, 11) is 6.09. The molecule has 0 aliphatic heterocycles. The zero-order valence-corrected chi connectivity index (χ0v) is 17.7. The van der Waals surface area contributed by atoms with Gasteiger partial charge in [0, 0.05) is 27.1 Å². The SMILES string of the molecule is BC(B)(B)Oc1ccc(-c2ccc(-c3nc(-c4ccc(Cl)cc4)c(C)[nH]3)o2)cc1. The van der Waals surface area contributed by atoms with E-state index >= 15 is 0 Å². The Bertz CT molecular complexity index is 1130. The third-order valence-corrected chi connectivity index (χ3v) is 4.66. The fraction of sp³-hybridized carbons (Fsp3) is 0.0952. The maximum absolute atomic E-state index is 6.06. The summed E-state index contributed by atoms with van der Waals surface area (Å²) in [5.74, 6) is 3.01. The second-order valence-electron chi connectivity index (χ2n) is 7.97. The number of imidazole rings is 1. The van der Waals surface area contributed by atoms with Gasteiger partial charge in [0.2, 0.25) is 0 Å². The van der Waals surface area contributed by atoms with Gasteiger partial charge in [-0.25, -0.2) is 4.98 Å². The van der Waals surface area contributed by atoms with E-state index in [2.05, 4.69) is 4.98 Å². The van der Waals surface area contributed by atoms with E-state index in [1.54, 1.807) is 0 Å². The van der Waals surface area contributed by atoms with Crippen molar-refractivity contribution in [3.8, 4) is 39.9 Å². The Morgan fingerprint density at radius 1 is 0.897 bits per heavy atom. The van der Waals surface area contributed by atoms with Gasteiger partial charge in [0.25, 0.3) is 0 Å². The highest BCUT2D eigenvalue weighted by Crippen LogP contribution is 2.31. The van der Waals surface area contributed by atoms with E-state index in [4.69, 9.17) is 25.7 Å². The normalized spacial score (nSPS) is 11.5. The van der Waals surface area contributed by atoms with Gasteiger partial charge in [-0.1, -0.05) is 23.7 Å². The molecule has 2 heterocycles. The number of aryl methyl sites for hydroxylation is 1. The highest BCUT2D eigenvalue weighted by atomic mass is 35.5. The van der Waals surface area contributed by atoms with Gasteiger partial charge in [0.1, 0.15) is 35.0 Å². The van der Waals surface area contributed by atoms with Gasteiger partial charge >= 0.3 is 0 Å². The summed E-state index contributed by atoms with van der Waals surface area (Å²) in [6, 6.07) is 19.4. The molecule has 0 aliphatic rings. The summed E-state index contributed by atoms with van der Waals surface area (Å²) < 4.78 is 11.9. The van der Waals surface area contributed by atoms with Crippen LogP contribution in [0.4, 0.5) is 0 Å². The van der Waals surface area contributed by atoms with Crippen LogP contribution >= 0.6 is 11.6 Å². The minimum absolute atomic E-state index is 0.224. The molecule has 0 bridgehead atoms. The average molecular weight is 400 g/mol. The first-order valence-electron chi connectivity index (χ1n) is 9.51. The number of benzene rings is 2. The van der Waals surface area contributed by atoms with Crippen LogP contribution in [0.5, 0.6) is 5.75 Å². The molecule has 0 saturated carbocycles. The Morgan fingerprint density at radius 3 is 2.17 bits per heavy atom. The molecule has 142 valence electrons. The molecular weight excluding hydrogens is 380 g/mol. The third-order valence-electron chi connectivity index (χ3n) is 4.40. The molecule has 29 heavy (non-hydrogen) atoms. The summed E-state index contributed by atoms with van der Waals surface area (Å²) in [6.45, 7) is 2.00. The third kappa shape index (κ3) is 4.46. The number of aromatic amines is 1. The van der Waals surface area contributed by atoms with Crippen LogP contribution < -0.4 is 4.74 Å². The molecule has 2 aromatic carbocycles. The van der Waals surface area contributed by atoms with Crippen LogP contribution in [0.25, 0.3) is 34.2 Å². The van der Waals surface area contributed by atoms with Crippen molar-refractivity contribution in [3.05, 3.63) is 71.4 Å². The van der Waals surface area contributed by atoms with Crippen molar-refractivity contribution in [2.45, 2.75) is 12.2 Å². The largest absolute Gasteiger partial charge is 0.514 e. The standard InChI is InChI=1S/C21H20B3ClN2O2/c1-12-19(14-2-6-15(25)7-3-14)27-20(26-12)18-11-10-17(28-18)13-4-8-16(9-5-13)29-21(22,23)24/h2-11H,22-24H2,1H3,(H,26,27). The second kappa shape index (κ2) is 7.56. The molecule has 0 aliphatic carbocycles. The smallest absolute Gasteiger partial charge is 0.174 e. The second-order valence-corrected chi connectivity index (χ2v) is 8.41. The van der Waals surface area contributed by atoms with Crippen LogP contribution in [0.15, 0.2) is 65.1 Å². The summed E-state index contributed by atoms with van der Waals surface area (Å²) in [5.41, 5.74) is 3.86. The van der Waals surface area contributed by atoms with E-state index in [0.29, 0.717) is 16.6 Å². The van der Waals surface area contributed by atoms with E-state index in [9.17, 15) is 0 Å². The van der Waals surface area contributed by atoms with Crippen molar-refractivity contribution in [2.75, 3.05) is 0 Å². The highest BCUT2D eigenvalue weighted by molar-refractivity contribution is 6.58. The van der Waals surface area contributed by atoms with Crippen molar-refractivity contribution in [2.24, 2.45) is 0 Å². The van der Waals surface area contributed by atoms with Crippen LogP contribution in [-0.4, -0.2) is 38.8 Å². The molecule has 0 radical (unpaired) electrons. The average Bonchev–Trinajstić information content (AvgIpc) is 3.29. The van der Waals surface area contributed by atoms with Crippen LogP contribution in [0.1, 0.15) is 5.69 Å². The van der Waals surface area contributed by atoms with Gasteiger partial charge in [0.15, 0.2) is 11.6 Å². The van der Waals surface area contributed by atoms with Crippen molar-refractivity contribution < 1.29 is 9.15 Å². The number of H-pyrrole nitrogens is 1. The molecule has 4 aromatic rings. The van der Waals surface area contributed by atoms with E-state index in [-0.39, 0.29) is 5.30 Å². The van der Waals surface area contributed by atoms with Gasteiger partial charge < -0.3 is 14.1 Å². The quantitative estimate of drug-likeness (QED) is 0.525. The molecule has 0 spiro atoms. The summed E-state index contributed by atoms with van der Waals surface area (Å²) in [5, 5.41) is 0.481. The van der Waals surface area contributed by atoms with Crippen LogP contribution in [-0.2, 0) is 0 Å². The number of hydrogen-bond donors (Lipinski definition) is 1. The molecule has 1 N–H and O–H groups in total. The number of aromatic nitrogens is 2. The van der Waals surface area contributed by atoms with E-state index < -0.39 is 0 Å². The minimum atomic E-state index is -0.224. The monoisotopic (exact) mass is 400 g/mol. The van der Waals surface area contributed by atoms with Gasteiger partial charge in [-0.3, -0.25) is 0 Å². The van der Waals surface area contributed by atoms with Crippen LogP contribution in [0, 0.1) is 6.92 Å². The number of hydrogen-bond acceptors (Lipinski definition) is 3. The Balaban J connectivity index is 1.58. The highest BCUT2D eigenvalue weighted by Gasteiger charge is 2.15. The summed E-state index contributed by atoms with van der Waals surface area (Å²) >= 11 is 5.99. The predicted octanol–water partition coefficient (Wildman–Crippen LogP) is 2.85. The fourth-order valence-electron chi connectivity index (χ4n) is 3.13. The van der Waals surface area contributed by atoms with Crippen molar-refractivity contribution in [1.82, 2.24) is 9.97 Å². The van der Waals surface area contributed by atoms with Crippen LogP contribution in [0.2, 0.25) is 5.02 Å². The van der Waals surface area contributed by atoms with Crippen LogP contribution in [0.3, 0.4) is 0 Å². The molecule has 4 rings (SSSR count). The first-order valence-corrected chi connectivity index (χ1v) is 9.88. The molecule has 0 amide bonds. The molecule has 8 heteroatoms. The van der Waals surface area contributed by atoms with E-state index in [1.807, 2.05) is 91.1 Å². The zero-order valence-electron chi connectivity index (χ0n) is 16.9. The van der Waals surface area contributed by atoms with Gasteiger partial charge in [-0.15, -0.1) is 0 Å². The molecule has 0 fully saturated rings. The molecule has 4 nitrogen and oxygen atoms in total. The van der Waals surface area contributed by atoms with Gasteiger partial charge in [0.05, 0.1) is 5.69 Å². The lowest BCUT2D eigenvalue weighted by Crippen LogP contribution is -2.37. The molecule has 0 saturated heterocycles. The van der Waals surface area contributed by atoms with Crippen molar-refractivity contribution in [3.63, 3.8) is 0 Å². The number of halogens is 1. The van der Waals surface area contributed by atoms with Crippen molar-refractivity contribution >= 4 is 35.1 Å². The van der Waals surface area contributed by atoms with Gasteiger partial charge in [-0.05, 0) is 55.5 Å². The predicted molar refractivity (Wildman–Crippen MR) is 126 cm³/mol. The Labute approximate surface area is 177 Å². The maximum atomic E-state index is 6.06.